The fourth-order valence-corrected chi connectivity index (χ4v) is 3.98. The molecule has 1 aliphatic heterocycles. The minimum atomic E-state index is -0.716. The molecule has 3 aromatic carbocycles. The van der Waals surface area contributed by atoms with Gasteiger partial charge in [-0.3, -0.25) is 14.5 Å². The standard InChI is InChI=1S/C26H25F2N3O2/c27-22-7-4-8-23(28)21(22)16-30-25(32)15-24-26(33)29-13-14-31(24)17-18-9-11-20(12-10-18)19-5-2-1-3-6-19/h1-12,24H,13-17H2,(H,29,33)(H,30,32)/t24-/m0/s1. The highest BCUT2D eigenvalue weighted by atomic mass is 19.1. The average molecular weight is 450 g/mol. The Morgan fingerprint density at radius 1 is 0.939 bits per heavy atom. The maximum absolute atomic E-state index is 13.8. The molecule has 1 fully saturated rings. The van der Waals surface area contributed by atoms with Gasteiger partial charge in [-0.2, -0.15) is 0 Å². The fourth-order valence-electron chi connectivity index (χ4n) is 3.98. The summed E-state index contributed by atoms with van der Waals surface area (Å²) < 4.78 is 27.6. The van der Waals surface area contributed by atoms with Gasteiger partial charge in [-0.25, -0.2) is 8.78 Å². The van der Waals surface area contributed by atoms with Gasteiger partial charge in [0, 0.05) is 31.7 Å². The second-order valence-corrected chi connectivity index (χ2v) is 8.02. The molecule has 1 saturated heterocycles. The molecule has 1 aliphatic rings. The maximum Gasteiger partial charge on any atom is 0.237 e. The highest BCUT2D eigenvalue weighted by Gasteiger charge is 2.31. The third kappa shape index (κ3) is 5.62. The van der Waals surface area contributed by atoms with Gasteiger partial charge in [-0.05, 0) is 28.8 Å². The van der Waals surface area contributed by atoms with Gasteiger partial charge in [-0.15, -0.1) is 0 Å². The number of piperazine rings is 1. The van der Waals surface area contributed by atoms with Gasteiger partial charge >= 0.3 is 0 Å². The molecule has 1 heterocycles. The Labute approximate surface area is 191 Å². The lowest BCUT2D eigenvalue weighted by Gasteiger charge is -2.34. The Hall–Kier alpha value is -3.58. The van der Waals surface area contributed by atoms with E-state index in [0.717, 1.165) is 28.8 Å². The summed E-state index contributed by atoms with van der Waals surface area (Å²) in [4.78, 5) is 26.9. The van der Waals surface area contributed by atoms with Crippen LogP contribution in [0.2, 0.25) is 0 Å². The van der Waals surface area contributed by atoms with Crippen molar-refractivity contribution in [3.05, 3.63) is 95.6 Å². The van der Waals surface area contributed by atoms with Crippen molar-refractivity contribution in [3.63, 3.8) is 0 Å². The van der Waals surface area contributed by atoms with Gasteiger partial charge in [-0.1, -0.05) is 60.7 Å². The van der Waals surface area contributed by atoms with Gasteiger partial charge in [0.2, 0.25) is 11.8 Å². The normalized spacial score (nSPS) is 16.3. The molecule has 2 amide bonds. The minimum absolute atomic E-state index is 0.0933. The van der Waals surface area contributed by atoms with Crippen molar-refractivity contribution in [1.29, 1.82) is 0 Å². The number of hydrogen-bond donors (Lipinski definition) is 2. The molecule has 4 rings (SSSR count). The van der Waals surface area contributed by atoms with E-state index in [0.29, 0.717) is 19.6 Å². The summed E-state index contributed by atoms with van der Waals surface area (Å²) in [6.45, 7) is 1.35. The number of carbonyl (C=O) groups excluding carboxylic acids is 2. The van der Waals surface area contributed by atoms with E-state index in [1.807, 2.05) is 59.5 Å². The van der Waals surface area contributed by atoms with Crippen LogP contribution in [0.5, 0.6) is 0 Å². The molecule has 0 aliphatic carbocycles. The smallest absolute Gasteiger partial charge is 0.237 e. The Morgan fingerprint density at radius 2 is 1.61 bits per heavy atom. The van der Waals surface area contributed by atoms with Crippen molar-refractivity contribution in [2.24, 2.45) is 0 Å². The summed E-state index contributed by atoms with van der Waals surface area (Å²) >= 11 is 0. The second kappa shape index (κ2) is 10.4. The molecule has 0 bridgehead atoms. The van der Waals surface area contributed by atoms with Gasteiger partial charge in [0.1, 0.15) is 11.6 Å². The third-order valence-corrected chi connectivity index (χ3v) is 5.79. The first-order valence-electron chi connectivity index (χ1n) is 10.9. The van der Waals surface area contributed by atoms with Gasteiger partial charge in [0.25, 0.3) is 0 Å². The number of amides is 2. The van der Waals surface area contributed by atoms with E-state index in [1.165, 1.54) is 6.07 Å². The number of rotatable bonds is 7. The number of halogens is 2. The molecule has 33 heavy (non-hydrogen) atoms. The molecular weight excluding hydrogens is 424 g/mol. The van der Waals surface area contributed by atoms with Crippen molar-refractivity contribution >= 4 is 11.8 Å². The number of benzene rings is 3. The molecule has 0 radical (unpaired) electrons. The quantitative estimate of drug-likeness (QED) is 0.579. The van der Waals surface area contributed by atoms with Crippen LogP contribution < -0.4 is 10.6 Å². The largest absolute Gasteiger partial charge is 0.353 e. The van der Waals surface area contributed by atoms with E-state index in [1.54, 1.807) is 0 Å². The van der Waals surface area contributed by atoms with Crippen LogP contribution in [-0.2, 0) is 22.7 Å². The average Bonchev–Trinajstić information content (AvgIpc) is 2.82. The minimum Gasteiger partial charge on any atom is -0.353 e. The molecule has 7 heteroatoms. The monoisotopic (exact) mass is 449 g/mol. The number of carbonyl (C=O) groups is 2. The van der Waals surface area contributed by atoms with Crippen LogP contribution in [-0.4, -0.2) is 35.8 Å². The van der Waals surface area contributed by atoms with Crippen LogP contribution in [0.4, 0.5) is 8.78 Å². The molecule has 0 spiro atoms. The first-order valence-corrected chi connectivity index (χ1v) is 10.9. The Bertz CT molecular complexity index is 1100. The zero-order valence-corrected chi connectivity index (χ0v) is 18.1. The van der Waals surface area contributed by atoms with E-state index in [-0.39, 0.29) is 24.4 Å². The summed E-state index contributed by atoms with van der Waals surface area (Å²) in [5, 5.41) is 5.33. The van der Waals surface area contributed by atoms with E-state index >= 15 is 0 Å². The molecule has 2 N–H and O–H groups in total. The van der Waals surface area contributed by atoms with E-state index in [2.05, 4.69) is 10.6 Å². The summed E-state index contributed by atoms with van der Waals surface area (Å²) in [6.07, 6.45) is -0.0933. The first-order chi connectivity index (χ1) is 16.0. The summed E-state index contributed by atoms with van der Waals surface area (Å²) in [7, 11) is 0. The van der Waals surface area contributed by atoms with Crippen LogP contribution in [0.25, 0.3) is 11.1 Å². The topological polar surface area (TPSA) is 61.4 Å². The lowest BCUT2D eigenvalue weighted by Crippen LogP contribution is -2.56. The zero-order valence-electron chi connectivity index (χ0n) is 18.1. The van der Waals surface area contributed by atoms with Gasteiger partial charge in [0.05, 0.1) is 12.5 Å². The molecule has 1 atom stereocenters. The molecule has 0 unspecified atom stereocenters. The molecule has 0 saturated carbocycles. The number of nitrogens with one attached hydrogen (secondary N) is 2. The van der Waals surface area contributed by atoms with E-state index < -0.39 is 23.6 Å². The third-order valence-electron chi connectivity index (χ3n) is 5.79. The van der Waals surface area contributed by atoms with E-state index in [4.69, 9.17) is 0 Å². The van der Waals surface area contributed by atoms with Crippen molar-refractivity contribution in [3.8, 4) is 11.1 Å². The lowest BCUT2D eigenvalue weighted by molar-refractivity contribution is -0.134. The predicted molar refractivity (Wildman–Crippen MR) is 122 cm³/mol. The Morgan fingerprint density at radius 3 is 2.30 bits per heavy atom. The molecule has 0 aromatic heterocycles. The van der Waals surface area contributed by atoms with Gasteiger partial charge < -0.3 is 10.6 Å². The van der Waals surface area contributed by atoms with Crippen molar-refractivity contribution in [2.45, 2.75) is 25.6 Å². The van der Waals surface area contributed by atoms with Crippen LogP contribution >= 0.6 is 0 Å². The molecule has 3 aromatic rings. The first kappa shape index (κ1) is 22.6. The van der Waals surface area contributed by atoms with Crippen molar-refractivity contribution in [1.82, 2.24) is 15.5 Å². The Balaban J connectivity index is 1.39. The zero-order chi connectivity index (χ0) is 23.2. The van der Waals surface area contributed by atoms with Crippen LogP contribution in [0, 0.1) is 11.6 Å². The van der Waals surface area contributed by atoms with Crippen LogP contribution in [0.1, 0.15) is 17.5 Å². The van der Waals surface area contributed by atoms with Crippen molar-refractivity contribution < 1.29 is 18.4 Å². The van der Waals surface area contributed by atoms with E-state index in [9.17, 15) is 18.4 Å². The van der Waals surface area contributed by atoms with Crippen LogP contribution in [0.3, 0.4) is 0 Å². The van der Waals surface area contributed by atoms with Crippen LogP contribution in [0.15, 0.2) is 72.8 Å². The molecule has 170 valence electrons. The van der Waals surface area contributed by atoms with Crippen molar-refractivity contribution in [2.75, 3.05) is 13.1 Å². The second-order valence-electron chi connectivity index (χ2n) is 8.02. The predicted octanol–water partition coefficient (Wildman–Crippen LogP) is 3.64. The lowest BCUT2D eigenvalue weighted by atomic mass is 10.0. The number of nitrogens with zero attached hydrogens (tertiary/aromatic N) is 1. The number of hydrogen-bond acceptors (Lipinski definition) is 3. The maximum atomic E-state index is 13.8. The highest BCUT2D eigenvalue weighted by Crippen LogP contribution is 2.21. The summed E-state index contributed by atoms with van der Waals surface area (Å²) in [5.41, 5.74) is 3.06. The fraction of sp³-hybridized carbons (Fsp3) is 0.231. The molecule has 5 nitrogen and oxygen atoms in total. The molecular formula is C26H25F2N3O2. The Kier molecular flexibility index (Phi) is 7.10. The SMILES string of the molecule is O=C(C[C@H]1C(=O)NCCN1Cc1ccc(-c2ccccc2)cc1)NCc1c(F)cccc1F. The summed E-state index contributed by atoms with van der Waals surface area (Å²) in [5.74, 6) is -2.10. The van der Waals surface area contributed by atoms with Gasteiger partial charge in [0.15, 0.2) is 0 Å². The summed E-state index contributed by atoms with van der Waals surface area (Å²) in [6, 6.07) is 21.1. The highest BCUT2D eigenvalue weighted by molar-refractivity contribution is 5.88.